The van der Waals surface area contributed by atoms with Crippen LogP contribution in [0.4, 0.5) is 5.69 Å². The van der Waals surface area contributed by atoms with Crippen molar-refractivity contribution in [3.05, 3.63) is 101 Å². The number of ether oxygens (including phenoxy) is 6. The second-order valence-electron chi connectivity index (χ2n) is 14.1. The molecule has 1 fully saturated rings. The monoisotopic (exact) mass is 798 g/mol. The third-order valence-electron chi connectivity index (χ3n) is 9.97. The van der Waals surface area contributed by atoms with E-state index < -0.39 is 30.5 Å². The highest BCUT2D eigenvalue weighted by Crippen LogP contribution is 2.42. The van der Waals surface area contributed by atoms with Crippen LogP contribution in [0.15, 0.2) is 94.1 Å². The average Bonchev–Trinajstić information content (AvgIpc) is 3.22. The molecule has 5 N–H and O–H groups in total. The number of benzene rings is 4. The number of aliphatic hydroxyl groups excluding tert-OH is 2. The minimum Gasteiger partial charge on any atom is -0.457 e. The molecule has 1 saturated heterocycles. The maximum atomic E-state index is 13.7. The predicted molar refractivity (Wildman–Crippen MR) is 216 cm³/mol. The molecule has 308 valence electrons. The lowest BCUT2D eigenvalue weighted by atomic mass is 9.89. The molecule has 0 spiro atoms. The van der Waals surface area contributed by atoms with Crippen molar-refractivity contribution in [2.24, 2.45) is 5.92 Å². The molecule has 14 heteroatoms. The number of methoxy groups -OCH3 is 1. The number of hydrogen-bond acceptors (Lipinski definition) is 13. The predicted octanol–water partition coefficient (Wildman–Crippen LogP) is 5.19. The molecule has 2 heterocycles. The summed E-state index contributed by atoms with van der Waals surface area (Å²) in [5.41, 5.74) is 9.58. The van der Waals surface area contributed by atoms with E-state index in [-0.39, 0.29) is 30.3 Å². The Labute approximate surface area is 336 Å². The summed E-state index contributed by atoms with van der Waals surface area (Å²) >= 11 is 0. The number of aliphatic hydroxyl groups is 2. The molecule has 0 bridgehead atoms. The fourth-order valence-corrected chi connectivity index (χ4v) is 6.80. The van der Waals surface area contributed by atoms with Crippen LogP contribution in [0.3, 0.4) is 0 Å². The van der Waals surface area contributed by atoms with Crippen LogP contribution in [-0.4, -0.2) is 99.8 Å². The van der Waals surface area contributed by atoms with E-state index in [1.807, 2.05) is 36.4 Å². The molecule has 5 atom stereocenters. The van der Waals surface area contributed by atoms with Gasteiger partial charge in [0.1, 0.15) is 35.6 Å². The minimum absolute atomic E-state index is 0.00697. The van der Waals surface area contributed by atoms with Crippen molar-refractivity contribution in [2.45, 2.75) is 50.8 Å². The number of ketones is 1. The fourth-order valence-electron chi connectivity index (χ4n) is 6.80. The van der Waals surface area contributed by atoms with Crippen LogP contribution >= 0.6 is 0 Å². The molecule has 6 rings (SSSR count). The van der Waals surface area contributed by atoms with Crippen LogP contribution in [0.1, 0.15) is 36.5 Å². The summed E-state index contributed by atoms with van der Waals surface area (Å²) in [6.45, 7) is 3.36. The van der Waals surface area contributed by atoms with E-state index >= 15 is 0 Å². The summed E-state index contributed by atoms with van der Waals surface area (Å²) in [6, 6.07) is 24.7. The average molecular weight is 799 g/mol. The van der Waals surface area contributed by atoms with Gasteiger partial charge in [0.15, 0.2) is 17.5 Å². The number of nitrogens with one attached hydrogen (secondary N) is 1. The Bertz CT molecular complexity index is 2150. The van der Waals surface area contributed by atoms with E-state index in [0.29, 0.717) is 91.9 Å². The molecule has 58 heavy (non-hydrogen) atoms. The molecular weight excluding hydrogens is 748 g/mol. The minimum atomic E-state index is -1.16. The number of nitrogens with two attached hydrogens (primary N) is 1. The Kier molecular flexibility index (Phi) is 15.0. The molecule has 1 aliphatic carbocycles. The van der Waals surface area contributed by atoms with Crippen molar-refractivity contribution < 1.29 is 52.6 Å². The number of Topliss-reactive ketones (excluding diaryl/α,β-unsaturated/α-hetero) is 1. The number of hydrogen-bond donors (Lipinski definition) is 4. The van der Waals surface area contributed by atoms with E-state index in [1.54, 1.807) is 43.3 Å². The highest BCUT2D eigenvalue weighted by Gasteiger charge is 2.42. The summed E-state index contributed by atoms with van der Waals surface area (Å²) in [7, 11) is 1.38. The van der Waals surface area contributed by atoms with Gasteiger partial charge in [0.05, 0.1) is 38.6 Å². The fraction of sp³-hybridized carbons (Fsp3) is 0.386. The van der Waals surface area contributed by atoms with Gasteiger partial charge in [-0.1, -0.05) is 31.2 Å². The molecule has 3 aliphatic rings. The first-order valence-electron chi connectivity index (χ1n) is 19.3. The van der Waals surface area contributed by atoms with Crippen molar-refractivity contribution in [2.75, 3.05) is 59.0 Å². The standard InChI is InChI=1S/C44H50N2O12/c1-27-39(58-44(52-2)43(51)42(27)50)25-55-26-40(49)46-18-20-54-22-21-53-19-6-5-9-36(48)32-7-3-4-8-33(32)41-34-16-12-29(47)23-37(34)57-38-24-31(15-17-35(38)41)56-30-13-10-28(45)11-14-30/h3-4,7-8,10-17,23-24,27,39,42-44,50-51H,5-6,9,18-22,25-26,45H2,1-2H3,(H,46,49)/t27-,39?,42+,43?,44-/m1/s1. The maximum Gasteiger partial charge on any atom is 0.246 e. The molecule has 0 aromatic heterocycles. The molecule has 14 nitrogen and oxygen atoms in total. The van der Waals surface area contributed by atoms with Gasteiger partial charge in [-0.15, -0.1) is 0 Å². The molecule has 1 amide bonds. The van der Waals surface area contributed by atoms with Crippen molar-refractivity contribution in [1.82, 2.24) is 5.32 Å². The van der Waals surface area contributed by atoms with Gasteiger partial charge in [0.2, 0.25) is 5.91 Å². The highest BCUT2D eigenvalue weighted by atomic mass is 16.7. The summed E-state index contributed by atoms with van der Waals surface area (Å²) in [6.07, 6.45) is -2.06. The molecule has 3 aromatic rings. The van der Waals surface area contributed by atoms with Gasteiger partial charge < -0.3 is 54.1 Å². The molecule has 2 unspecified atom stereocenters. The zero-order chi connectivity index (χ0) is 41.0. The lowest BCUT2D eigenvalue weighted by Crippen LogP contribution is -2.55. The largest absolute Gasteiger partial charge is 0.457 e. The van der Waals surface area contributed by atoms with Crippen molar-refractivity contribution in [1.29, 1.82) is 0 Å². The molecule has 3 aromatic carbocycles. The van der Waals surface area contributed by atoms with Gasteiger partial charge >= 0.3 is 0 Å². The normalized spacial score (nSPS) is 19.3. The quantitative estimate of drug-likeness (QED) is 0.0348. The highest BCUT2D eigenvalue weighted by molar-refractivity contribution is 6.09. The first-order valence-corrected chi connectivity index (χ1v) is 19.3. The van der Waals surface area contributed by atoms with Crippen molar-refractivity contribution in [3.63, 3.8) is 0 Å². The van der Waals surface area contributed by atoms with Crippen LogP contribution in [0, 0.1) is 5.92 Å². The van der Waals surface area contributed by atoms with Crippen LogP contribution in [-0.2, 0) is 28.5 Å². The number of nitrogen functional groups attached to an aromatic ring is 1. The van der Waals surface area contributed by atoms with Gasteiger partial charge in [-0.25, -0.2) is 0 Å². The molecule has 0 saturated carbocycles. The number of amides is 1. The third-order valence-corrected chi connectivity index (χ3v) is 9.97. The Hall–Kier alpha value is -5.19. The second-order valence-corrected chi connectivity index (χ2v) is 14.1. The van der Waals surface area contributed by atoms with Gasteiger partial charge in [-0.2, -0.15) is 0 Å². The van der Waals surface area contributed by atoms with E-state index in [4.69, 9.17) is 38.6 Å². The van der Waals surface area contributed by atoms with E-state index in [2.05, 4.69) is 5.32 Å². The van der Waals surface area contributed by atoms with E-state index in [9.17, 15) is 24.6 Å². The summed E-state index contributed by atoms with van der Waals surface area (Å²) in [5, 5.41) is 23.7. The molecular formula is C44H50N2O12. The van der Waals surface area contributed by atoms with Gasteiger partial charge in [0, 0.05) is 72.5 Å². The zero-order valence-electron chi connectivity index (χ0n) is 32.6. The van der Waals surface area contributed by atoms with Crippen LogP contribution in [0.5, 0.6) is 11.5 Å². The summed E-state index contributed by atoms with van der Waals surface area (Å²) in [4.78, 5) is 38.2. The Morgan fingerprint density at radius 1 is 0.828 bits per heavy atom. The molecule has 0 radical (unpaired) electrons. The molecule has 2 aliphatic heterocycles. The van der Waals surface area contributed by atoms with Gasteiger partial charge in [-0.05, 0) is 66.9 Å². The summed E-state index contributed by atoms with van der Waals surface area (Å²) < 4.78 is 39.7. The van der Waals surface area contributed by atoms with E-state index in [0.717, 1.165) is 16.5 Å². The summed E-state index contributed by atoms with van der Waals surface area (Å²) in [5.74, 6) is 0.824. The topological polar surface area (TPSA) is 198 Å². The smallest absolute Gasteiger partial charge is 0.246 e. The third kappa shape index (κ3) is 10.8. The van der Waals surface area contributed by atoms with Crippen LogP contribution < -0.4 is 21.2 Å². The lowest BCUT2D eigenvalue weighted by molar-refractivity contribution is -0.282. The number of rotatable bonds is 20. The van der Waals surface area contributed by atoms with Crippen molar-refractivity contribution >= 4 is 28.3 Å². The Morgan fingerprint density at radius 3 is 2.38 bits per heavy atom. The number of carbonyl (C=O) groups excluding carboxylic acids is 2. The first-order chi connectivity index (χ1) is 28.1. The lowest BCUT2D eigenvalue weighted by Gasteiger charge is -2.40. The number of anilines is 1. The number of carbonyl (C=O) groups is 2. The number of unbranched alkanes of at least 4 members (excludes halogenated alkanes) is 1. The second kappa shape index (κ2) is 20.5. The van der Waals surface area contributed by atoms with E-state index in [1.165, 1.54) is 19.2 Å². The maximum absolute atomic E-state index is 13.7. The Morgan fingerprint density at radius 2 is 1.59 bits per heavy atom. The van der Waals surface area contributed by atoms with Crippen LogP contribution in [0.2, 0.25) is 0 Å². The van der Waals surface area contributed by atoms with Crippen LogP contribution in [0.25, 0.3) is 33.4 Å². The van der Waals surface area contributed by atoms with Gasteiger partial charge in [-0.3, -0.25) is 14.4 Å². The number of fused-ring (bicyclic) bond motifs is 2. The SMILES string of the molecule is CO[C@@H]1OC(COCC(=O)NCCOCCOCCCCC(=O)c2ccccc2-c2c3ccc(=O)cc-3oc3cc(Oc4ccc(N)cc4)ccc23)[C@@H](C)[C@H](O)C1O. The van der Waals surface area contributed by atoms with Crippen molar-refractivity contribution in [3.8, 4) is 33.9 Å². The Balaban J connectivity index is 0.930. The van der Waals surface area contributed by atoms with Gasteiger partial charge in [0.25, 0.3) is 0 Å². The zero-order valence-corrected chi connectivity index (χ0v) is 32.6. The first kappa shape index (κ1) is 42.4.